The van der Waals surface area contributed by atoms with Gasteiger partial charge in [0.25, 0.3) is 0 Å². The molecular weight excluding hydrogens is 242 g/mol. The van der Waals surface area contributed by atoms with Crippen molar-refractivity contribution in [3.8, 4) is 0 Å². The highest BCUT2D eigenvalue weighted by Crippen LogP contribution is 2.37. The van der Waals surface area contributed by atoms with E-state index in [0.717, 1.165) is 24.0 Å². The van der Waals surface area contributed by atoms with Crippen molar-refractivity contribution in [1.29, 1.82) is 0 Å². The Morgan fingerprint density at radius 2 is 2.43 bits per heavy atom. The maximum atomic E-state index is 5.63. The minimum Gasteiger partial charge on any atom is -0.330 e. The first-order valence-corrected chi connectivity index (χ1v) is 5.94. The van der Waals surface area contributed by atoms with E-state index >= 15 is 0 Å². The van der Waals surface area contributed by atoms with Crippen molar-refractivity contribution >= 4 is 15.9 Å². The Morgan fingerprint density at radius 1 is 1.64 bits per heavy atom. The molecule has 1 atom stereocenters. The van der Waals surface area contributed by atoms with E-state index in [1.54, 1.807) is 0 Å². The number of hydrogen-bond acceptors (Lipinski definition) is 2. The third kappa shape index (κ3) is 1.61. The molecule has 1 aliphatic carbocycles. The number of fused-ring (bicyclic) bond motifs is 1. The summed E-state index contributed by atoms with van der Waals surface area (Å²) in [4.78, 5) is 0. The van der Waals surface area contributed by atoms with Gasteiger partial charge in [0.05, 0.1) is 0 Å². The first kappa shape index (κ1) is 10.2. The topological polar surface area (TPSA) is 43.8 Å². The van der Waals surface area contributed by atoms with Crippen molar-refractivity contribution < 1.29 is 0 Å². The van der Waals surface area contributed by atoms with Gasteiger partial charge in [-0.2, -0.15) is 5.10 Å². The van der Waals surface area contributed by atoms with Crippen molar-refractivity contribution in [2.24, 2.45) is 12.8 Å². The molecule has 2 rings (SSSR count). The average molecular weight is 258 g/mol. The molecule has 0 aromatic carbocycles. The summed E-state index contributed by atoms with van der Waals surface area (Å²) in [6.07, 6.45) is 4.76. The van der Waals surface area contributed by atoms with Crippen molar-refractivity contribution in [3.05, 3.63) is 15.9 Å². The number of halogens is 1. The highest BCUT2D eigenvalue weighted by atomic mass is 79.9. The van der Waals surface area contributed by atoms with Crippen LogP contribution in [0.1, 0.15) is 36.4 Å². The van der Waals surface area contributed by atoms with Gasteiger partial charge in [-0.3, -0.25) is 4.68 Å². The van der Waals surface area contributed by atoms with Crippen LogP contribution in [0.15, 0.2) is 4.60 Å². The van der Waals surface area contributed by atoms with Crippen LogP contribution in [-0.2, 0) is 13.5 Å². The number of rotatable bonds is 2. The number of nitrogens with zero attached hydrogens (tertiary/aromatic N) is 2. The normalized spacial score (nSPS) is 20.9. The Balaban J connectivity index is 2.37. The Labute approximate surface area is 92.8 Å². The van der Waals surface area contributed by atoms with Gasteiger partial charge in [0.15, 0.2) is 0 Å². The van der Waals surface area contributed by atoms with E-state index < -0.39 is 0 Å². The van der Waals surface area contributed by atoms with Crippen LogP contribution in [0.25, 0.3) is 0 Å². The Bertz CT molecular complexity index is 332. The lowest BCUT2D eigenvalue weighted by Gasteiger charge is -2.22. The van der Waals surface area contributed by atoms with Crippen LogP contribution in [-0.4, -0.2) is 16.3 Å². The summed E-state index contributed by atoms with van der Waals surface area (Å²) in [6.45, 7) is 0.769. The van der Waals surface area contributed by atoms with E-state index in [4.69, 9.17) is 5.73 Å². The molecule has 78 valence electrons. The molecule has 0 saturated carbocycles. The molecule has 0 saturated heterocycles. The molecular formula is C10H16BrN3. The quantitative estimate of drug-likeness (QED) is 0.881. The van der Waals surface area contributed by atoms with Crippen LogP contribution in [0.3, 0.4) is 0 Å². The van der Waals surface area contributed by atoms with Crippen LogP contribution < -0.4 is 5.73 Å². The van der Waals surface area contributed by atoms with Gasteiger partial charge in [-0.1, -0.05) is 0 Å². The fourth-order valence-corrected chi connectivity index (χ4v) is 3.18. The van der Waals surface area contributed by atoms with Crippen LogP contribution in [0.5, 0.6) is 0 Å². The third-order valence-electron chi connectivity index (χ3n) is 3.05. The predicted molar refractivity (Wildman–Crippen MR) is 60.3 cm³/mol. The lowest BCUT2D eigenvalue weighted by Crippen LogP contribution is -2.14. The van der Waals surface area contributed by atoms with Crippen molar-refractivity contribution in [2.45, 2.75) is 31.6 Å². The molecule has 0 aliphatic heterocycles. The summed E-state index contributed by atoms with van der Waals surface area (Å²) in [6, 6.07) is 0. The first-order valence-electron chi connectivity index (χ1n) is 5.15. The molecule has 1 aromatic rings. The smallest absolute Gasteiger partial charge is 0.131 e. The van der Waals surface area contributed by atoms with E-state index in [9.17, 15) is 0 Å². The van der Waals surface area contributed by atoms with Gasteiger partial charge in [-0.05, 0) is 54.1 Å². The minimum absolute atomic E-state index is 0.617. The fourth-order valence-electron chi connectivity index (χ4n) is 2.39. The molecule has 0 spiro atoms. The standard InChI is InChI=1S/C10H16BrN3/c1-14-8-4-2-3-7(5-6-12)9(8)10(11)13-14/h7H,2-6,12H2,1H3. The fraction of sp³-hybridized carbons (Fsp3) is 0.700. The van der Waals surface area contributed by atoms with Crippen LogP contribution in [0.4, 0.5) is 0 Å². The van der Waals surface area contributed by atoms with Crippen molar-refractivity contribution in [2.75, 3.05) is 6.54 Å². The predicted octanol–water partition coefficient (Wildman–Crippen LogP) is 1.95. The molecule has 0 amide bonds. The van der Waals surface area contributed by atoms with Gasteiger partial charge in [0, 0.05) is 18.3 Å². The van der Waals surface area contributed by atoms with Gasteiger partial charge in [0.2, 0.25) is 0 Å². The molecule has 3 nitrogen and oxygen atoms in total. The molecule has 1 aromatic heterocycles. The van der Waals surface area contributed by atoms with Crippen LogP contribution in [0.2, 0.25) is 0 Å². The summed E-state index contributed by atoms with van der Waals surface area (Å²) in [7, 11) is 2.02. The lowest BCUT2D eigenvalue weighted by atomic mass is 9.85. The Kier molecular flexibility index (Phi) is 2.93. The third-order valence-corrected chi connectivity index (χ3v) is 3.64. The molecule has 1 unspecified atom stereocenters. The summed E-state index contributed by atoms with van der Waals surface area (Å²) in [5.41, 5.74) is 8.43. The van der Waals surface area contributed by atoms with Gasteiger partial charge in [-0.15, -0.1) is 0 Å². The number of aromatic nitrogens is 2. The Hall–Kier alpha value is -0.350. The monoisotopic (exact) mass is 257 g/mol. The van der Waals surface area contributed by atoms with Crippen LogP contribution in [0, 0.1) is 0 Å². The number of nitrogens with two attached hydrogens (primary N) is 1. The highest BCUT2D eigenvalue weighted by molar-refractivity contribution is 9.10. The number of hydrogen-bond donors (Lipinski definition) is 1. The second-order valence-electron chi connectivity index (χ2n) is 3.94. The molecule has 4 heteroatoms. The van der Waals surface area contributed by atoms with Gasteiger partial charge >= 0.3 is 0 Å². The molecule has 0 bridgehead atoms. The first-order chi connectivity index (χ1) is 6.74. The molecule has 1 heterocycles. The van der Waals surface area contributed by atoms with Crippen molar-refractivity contribution in [1.82, 2.24) is 9.78 Å². The summed E-state index contributed by atoms with van der Waals surface area (Å²) in [5.74, 6) is 0.617. The summed E-state index contributed by atoms with van der Waals surface area (Å²) >= 11 is 3.54. The van der Waals surface area contributed by atoms with Gasteiger partial charge < -0.3 is 5.73 Å². The Morgan fingerprint density at radius 3 is 3.14 bits per heavy atom. The number of aryl methyl sites for hydroxylation is 1. The molecule has 2 N–H and O–H groups in total. The molecule has 1 aliphatic rings. The second-order valence-corrected chi connectivity index (χ2v) is 4.69. The van der Waals surface area contributed by atoms with Crippen LogP contribution >= 0.6 is 15.9 Å². The summed E-state index contributed by atoms with van der Waals surface area (Å²) in [5, 5.41) is 4.42. The molecule has 0 fully saturated rings. The largest absolute Gasteiger partial charge is 0.330 e. The average Bonchev–Trinajstić information content (AvgIpc) is 2.44. The van der Waals surface area contributed by atoms with E-state index in [1.165, 1.54) is 24.1 Å². The molecule has 0 radical (unpaired) electrons. The SMILES string of the molecule is Cn1nc(Br)c2c1CCCC2CCN. The zero-order chi connectivity index (χ0) is 10.1. The maximum absolute atomic E-state index is 5.63. The zero-order valence-electron chi connectivity index (χ0n) is 8.46. The van der Waals surface area contributed by atoms with E-state index in [0.29, 0.717) is 5.92 Å². The van der Waals surface area contributed by atoms with E-state index in [-0.39, 0.29) is 0 Å². The maximum Gasteiger partial charge on any atom is 0.131 e. The minimum atomic E-state index is 0.617. The highest BCUT2D eigenvalue weighted by Gasteiger charge is 2.25. The second kappa shape index (κ2) is 4.03. The lowest BCUT2D eigenvalue weighted by molar-refractivity contribution is 0.511. The van der Waals surface area contributed by atoms with Gasteiger partial charge in [-0.25, -0.2) is 0 Å². The zero-order valence-corrected chi connectivity index (χ0v) is 10.0. The van der Waals surface area contributed by atoms with Gasteiger partial charge in [0.1, 0.15) is 4.60 Å². The van der Waals surface area contributed by atoms with Crippen molar-refractivity contribution in [3.63, 3.8) is 0 Å². The summed E-state index contributed by atoms with van der Waals surface area (Å²) < 4.78 is 3.02. The van der Waals surface area contributed by atoms with E-state index in [1.807, 2.05) is 11.7 Å². The molecule has 14 heavy (non-hydrogen) atoms. The van der Waals surface area contributed by atoms with E-state index in [2.05, 4.69) is 21.0 Å².